The van der Waals surface area contributed by atoms with Gasteiger partial charge < -0.3 is 14.9 Å². The van der Waals surface area contributed by atoms with Crippen molar-refractivity contribution in [2.24, 2.45) is 0 Å². The fourth-order valence-corrected chi connectivity index (χ4v) is 1.89. The highest BCUT2D eigenvalue weighted by atomic mass is 16.5. The molecular formula is C15H21NO5. The van der Waals surface area contributed by atoms with Crippen LogP contribution in [0.5, 0.6) is 5.75 Å². The molecule has 116 valence electrons. The Hall–Kier alpha value is -2.24. The van der Waals surface area contributed by atoms with Gasteiger partial charge in [0.25, 0.3) is 0 Å². The first-order chi connectivity index (χ1) is 10.1. The summed E-state index contributed by atoms with van der Waals surface area (Å²) in [6, 6.07) is 4.08. The fourth-order valence-electron chi connectivity index (χ4n) is 1.89. The second-order valence-corrected chi connectivity index (χ2v) is 4.68. The fraction of sp³-hybridized carbons (Fsp3) is 0.467. The van der Waals surface area contributed by atoms with E-state index in [-0.39, 0.29) is 17.9 Å². The van der Waals surface area contributed by atoms with E-state index in [1.54, 1.807) is 0 Å². The van der Waals surface area contributed by atoms with E-state index in [0.717, 1.165) is 32.1 Å². The standard InChI is InChI=1S/C15H21NO5/c1-2-3-4-5-6-10-21-15(20)16-11-8-7-9-12(17)13(11)14(18)19/h7-9,17H,2-6,10H2,1H3,(H,16,20)(H,18,19). The number of benzene rings is 1. The van der Waals surface area contributed by atoms with Crippen LogP contribution in [0.3, 0.4) is 0 Å². The smallest absolute Gasteiger partial charge is 0.411 e. The Labute approximate surface area is 123 Å². The zero-order chi connectivity index (χ0) is 15.7. The van der Waals surface area contributed by atoms with Gasteiger partial charge in [-0.3, -0.25) is 5.32 Å². The third-order valence-electron chi connectivity index (χ3n) is 2.97. The van der Waals surface area contributed by atoms with Crippen molar-refractivity contribution < 1.29 is 24.5 Å². The van der Waals surface area contributed by atoms with Crippen LogP contribution in [-0.4, -0.2) is 28.9 Å². The number of aromatic carboxylic acids is 1. The molecule has 1 amide bonds. The van der Waals surface area contributed by atoms with Gasteiger partial charge in [0.1, 0.15) is 11.3 Å². The lowest BCUT2D eigenvalue weighted by Gasteiger charge is -2.10. The maximum atomic E-state index is 11.6. The number of rotatable bonds is 8. The Morgan fingerprint density at radius 2 is 1.90 bits per heavy atom. The van der Waals surface area contributed by atoms with Gasteiger partial charge in [-0.2, -0.15) is 0 Å². The Bertz CT molecular complexity index is 487. The number of phenols is 1. The Morgan fingerprint density at radius 3 is 2.57 bits per heavy atom. The van der Waals surface area contributed by atoms with Gasteiger partial charge in [-0.1, -0.05) is 38.7 Å². The van der Waals surface area contributed by atoms with E-state index in [0.29, 0.717) is 0 Å². The number of carboxylic acid groups (broad SMARTS) is 1. The van der Waals surface area contributed by atoms with Crippen LogP contribution < -0.4 is 5.32 Å². The molecule has 0 aliphatic carbocycles. The summed E-state index contributed by atoms with van der Waals surface area (Å²) in [5, 5.41) is 20.8. The van der Waals surface area contributed by atoms with Gasteiger partial charge in [0.15, 0.2) is 0 Å². The highest BCUT2D eigenvalue weighted by Crippen LogP contribution is 2.25. The van der Waals surface area contributed by atoms with Gasteiger partial charge in [0, 0.05) is 0 Å². The van der Waals surface area contributed by atoms with Crippen molar-refractivity contribution in [2.45, 2.75) is 39.0 Å². The predicted molar refractivity (Wildman–Crippen MR) is 78.8 cm³/mol. The molecule has 0 atom stereocenters. The van der Waals surface area contributed by atoms with E-state index in [2.05, 4.69) is 12.2 Å². The van der Waals surface area contributed by atoms with Crippen LogP contribution in [0.4, 0.5) is 10.5 Å². The molecule has 0 saturated carbocycles. The molecule has 6 heteroatoms. The maximum absolute atomic E-state index is 11.6. The highest BCUT2D eigenvalue weighted by Gasteiger charge is 2.17. The van der Waals surface area contributed by atoms with Gasteiger partial charge in [0.05, 0.1) is 12.3 Å². The average Bonchev–Trinajstić information content (AvgIpc) is 2.42. The molecule has 0 aliphatic heterocycles. The van der Waals surface area contributed by atoms with Crippen molar-refractivity contribution in [1.82, 2.24) is 0 Å². The molecule has 0 radical (unpaired) electrons. The number of carbonyl (C=O) groups excluding carboxylic acids is 1. The van der Waals surface area contributed by atoms with E-state index in [1.165, 1.54) is 18.2 Å². The zero-order valence-electron chi connectivity index (χ0n) is 12.1. The summed E-state index contributed by atoms with van der Waals surface area (Å²) in [4.78, 5) is 22.6. The summed E-state index contributed by atoms with van der Waals surface area (Å²) >= 11 is 0. The Kier molecular flexibility index (Phi) is 7.08. The van der Waals surface area contributed by atoms with Crippen LogP contribution in [0.2, 0.25) is 0 Å². The highest BCUT2D eigenvalue weighted by molar-refractivity contribution is 6.01. The maximum Gasteiger partial charge on any atom is 0.411 e. The number of ether oxygens (including phenoxy) is 1. The van der Waals surface area contributed by atoms with Crippen LogP contribution in [0.25, 0.3) is 0 Å². The number of carboxylic acids is 1. The number of hydrogen-bond donors (Lipinski definition) is 3. The molecule has 0 spiro atoms. The number of nitrogens with one attached hydrogen (secondary N) is 1. The van der Waals surface area contributed by atoms with Gasteiger partial charge in [-0.25, -0.2) is 9.59 Å². The van der Waals surface area contributed by atoms with Crippen LogP contribution in [0, 0.1) is 0 Å². The van der Waals surface area contributed by atoms with Gasteiger partial charge in [-0.05, 0) is 18.6 Å². The molecular weight excluding hydrogens is 274 g/mol. The van der Waals surface area contributed by atoms with Crippen LogP contribution in [-0.2, 0) is 4.74 Å². The number of anilines is 1. The van der Waals surface area contributed by atoms with E-state index in [1.807, 2.05) is 0 Å². The van der Waals surface area contributed by atoms with E-state index in [4.69, 9.17) is 9.84 Å². The Balaban J connectivity index is 2.45. The molecule has 1 aromatic carbocycles. The first-order valence-electron chi connectivity index (χ1n) is 7.05. The van der Waals surface area contributed by atoms with Gasteiger partial charge in [0.2, 0.25) is 0 Å². The number of unbranched alkanes of at least 4 members (excludes halogenated alkanes) is 4. The summed E-state index contributed by atoms with van der Waals surface area (Å²) in [6.07, 6.45) is 4.47. The normalized spacial score (nSPS) is 10.1. The van der Waals surface area contributed by atoms with Crippen molar-refractivity contribution in [3.63, 3.8) is 0 Å². The molecule has 3 N–H and O–H groups in total. The SMILES string of the molecule is CCCCCCCOC(=O)Nc1cccc(O)c1C(=O)O. The quantitative estimate of drug-likeness (QED) is 0.637. The van der Waals surface area contributed by atoms with Gasteiger partial charge >= 0.3 is 12.1 Å². The first-order valence-corrected chi connectivity index (χ1v) is 7.05. The molecule has 1 aromatic rings. The molecule has 0 bridgehead atoms. The third kappa shape index (κ3) is 5.72. The van der Waals surface area contributed by atoms with Crippen molar-refractivity contribution >= 4 is 17.7 Å². The zero-order valence-corrected chi connectivity index (χ0v) is 12.1. The molecule has 1 rings (SSSR count). The molecule has 0 fully saturated rings. The predicted octanol–water partition coefficient (Wildman–Crippen LogP) is 3.61. The van der Waals surface area contributed by atoms with Crippen molar-refractivity contribution in [3.8, 4) is 5.75 Å². The molecule has 21 heavy (non-hydrogen) atoms. The number of hydrogen-bond acceptors (Lipinski definition) is 4. The largest absolute Gasteiger partial charge is 0.507 e. The Morgan fingerprint density at radius 1 is 1.19 bits per heavy atom. The van der Waals surface area contributed by atoms with Crippen molar-refractivity contribution in [1.29, 1.82) is 0 Å². The van der Waals surface area contributed by atoms with E-state index >= 15 is 0 Å². The first kappa shape index (κ1) is 16.8. The number of aromatic hydroxyl groups is 1. The van der Waals surface area contributed by atoms with E-state index < -0.39 is 17.8 Å². The molecule has 0 heterocycles. The molecule has 0 aromatic heterocycles. The lowest BCUT2D eigenvalue weighted by molar-refractivity contribution is 0.0695. The van der Waals surface area contributed by atoms with Gasteiger partial charge in [-0.15, -0.1) is 0 Å². The van der Waals surface area contributed by atoms with Crippen molar-refractivity contribution in [3.05, 3.63) is 23.8 Å². The summed E-state index contributed by atoms with van der Waals surface area (Å²) in [7, 11) is 0. The minimum atomic E-state index is -1.32. The monoisotopic (exact) mass is 295 g/mol. The minimum absolute atomic E-state index is 0.0125. The third-order valence-corrected chi connectivity index (χ3v) is 2.97. The topological polar surface area (TPSA) is 95.9 Å². The molecule has 0 aliphatic rings. The average molecular weight is 295 g/mol. The van der Waals surface area contributed by atoms with Crippen molar-refractivity contribution in [2.75, 3.05) is 11.9 Å². The minimum Gasteiger partial charge on any atom is -0.507 e. The van der Waals surface area contributed by atoms with E-state index in [9.17, 15) is 14.7 Å². The lowest BCUT2D eigenvalue weighted by atomic mass is 10.1. The van der Waals surface area contributed by atoms with Crippen LogP contribution >= 0.6 is 0 Å². The lowest BCUT2D eigenvalue weighted by Crippen LogP contribution is -2.16. The van der Waals surface area contributed by atoms with Crippen LogP contribution in [0.1, 0.15) is 49.4 Å². The molecule has 6 nitrogen and oxygen atoms in total. The number of carbonyl (C=O) groups is 2. The number of amides is 1. The summed E-state index contributed by atoms with van der Waals surface area (Å²) in [5.41, 5.74) is -0.337. The summed E-state index contributed by atoms with van der Waals surface area (Å²) in [5.74, 6) is -1.72. The summed E-state index contributed by atoms with van der Waals surface area (Å²) in [6.45, 7) is 2.41. The van der Waals surface area contributed by atoms with Crippen LogP contribution in [0.15, 0.2) is 18.2 Å². The molecule has 0 unspecified atom stereocenters. The molecule has 0 saturated heterocycles. The summed E-state index contributed by atoms with van der Waals surface area (Å²) < 4.78 is 4.98. The second-order valence-electron chi connectivity index (χ2n) is 4.68. The second kappa shape index (κ2) is 8.84.